The maximum absolute atomic E-state index is 12.9. The van der Waals surface area contributed by atoms with Crippen LogP contribution in [0.1, 0.15) is 35.3 Å². The van der Waals surface area contributed by atoms with Gasteiger partial charge in [0.15, 0.2) is 5.69 Å². The van der Waals surface area contributed by atoms with Crippen molar-refractivity contribution in [2.75, 3.05) is 6.61 Å². The van der Waals surface area contributed by atoms with Crippen LogP contribution >= 0.6 is 0 Å². The molecule has 20 heavy (non-hydrogen) atoms. The lowest BCUT2D eigenvalue weighted by Crippen LogP contribution is -2.06. The summed E-state index contributed by atoms with van der Waals surface area (Å²) in [5, 5.41) is 4.07. The number of hydrogen-bond acceptors (Lipinski definition) is 5. The summed E-state index contributed by atoms with van der Waals surface area (Å²) in [7, 11) is 1.62. The van der Waals surface area contributed by atoms with E-state index in [2.05, 4.69) is 14.8 Å². The minimum absolute atomic E-state index is 0.0579. The van der Waals surface area contributed by atoms with Gasteiger partial charge in [-0.15, -0.1) is 0 Å². The van der Waals surface area contributed by atoms with Gasteiger partial charge < -0.3 is 9.15 Å². The van der Waals surface area contributed by atoms with Crippen molar-refractivity contribution in [2.24, 2.45) is 7.05 Å². The Balaban J connectivity index is 2.49. The highest BCUT2D eigenvalue weighted by Gasteiger charge is 2.28. The van der Waals surface area contributed by atoms with E-state index < -0.39 is 23.8 Å². The molecule has 0 unspecified atom stereocenters. The molecular weight excluding hydrogens is 272 g/mol. The molecule has 0 aliphatic carbocycles. The van der Waals surface area contributed by atoms with E-state index >= 15 is 0 Å². The summed E-state index contributed by atoms with van der Waals surface area (Å²) in [5.74, 6) is -1.62. The molecule has 2 aromatic rings. The number of rotatable bonds is 4. The number of halogens is 2. The molecule has 0 aliphatic rings. The van der Waals surface area contributed by atoms with E-state index in [1.165, 1.54) is 4.68 Å². The van der Waals surface area contributed by atoms with Gasteiger partial charge in [0.25, 0.3) is 6.43 Å². The van der Waals surface area contributed by atoms with Gasteiger partial charge in [-0.1, -0.05) is 0 Å². The van der Waals surface area contributed by atoms with E-state index in [0.717, 1.165) is 0 Å². The Labute approximate surface area is 113 Å². The zero-order valence-electron chi connectivity index (χ0n) is 11.2. The van der Waals surface area contributed by atoms with Crippen LogP contribution in [0.4, 0.5) is 8.78 Å². The topological polar surface area (TPSA) is 70.2 Å². The molecule has 0 aliphatic heterocycles. The van der Waals surface area contributed by atoms with Gasteiger partial charge in [-0.05, 0) is 19.9 Å². The second kappa shape index (κ2) is 5.40. The summed E-state index contributed by atoms with van der Waals surface area (Å²) in [5.41, 5.74) is 0.356. The third-order valence-electron chi connectivity index (χ3n) is 2.54. The zero-order valence-corrected chi connectivity index (χ0v) is 11.2. The normalized spacial score (nSPS) is 11.1. The Bertz CT molecular complexity index is 634. The molecule has 0 saturated carbocycles. The molecule has 108 valence electrons. The maximum Gasteiger partial charge on any atom is 0.376 e. The predicted octanol–water partition coefficient (Wildman–Crippen LogP) is 2.50. The molecule has 0 bridgehead atoms. The van der Waals surface area contributed by atoms with Gasteiger partial charge in [0.2, 0.25) is 11.7 Å². The minimum Gasteiger partial charge on any atom is -0.460 e. The molecule has 2 rings (SSSR count). The molecule has 0 amide bonds. The SMILES string of the molecule is CCOC(=O)c1oc(-c2cc(C)nn2C)nc1C(F)F. The van der Waals surface area contributed by atoms with Gasteiger partial charge in [-0.25, -0.2) is 18.6 Å². The Morgan fingerprint density at radius 1 is 1.55 bits per heavy atom. The second-order valence-electron chi connectivity index (χ2n) is 4.05. The predicted molar refractivity (Wildman–Crippen MR) is 64.4 cm³/mol. The van der Waals surface area contributed by atoms with Crippen molar-refractivity contribution in [3.63, 3.8) is 0 Å². The van der Waals surface area contributed by atoms with Crippen molar-refractivity contribution in [3.8, 4) is 11.6 Å². The largest absolute Gasteiger partial charge is 0.460 e. The van der Waals surface area contributed by atoms with Crippen LogP contribution in [0.15, 0.2) is 10.5 Å². The van der Waals surface area contributed by atoms with E-state index in [1.54, 1.807) is 27.0 Å². The van der Waals surface area contributed by atoms with Crippen molar-refractivity contribution in [1.29, 1.82) is 0 Å². The number of carbonyl (C=O) groups is 1. The summed E-state index contributed by atoms with van der Waals surface area (Å²) in [6.45, 7) is 3.37. The van der Waals surface area contributed by atoms with Gasteiger partial charge in [0, 0.05) is 7.05 Å². The Kier molecular flexibility index (Phi) is 3.82. The minimum atomic E-state index is -2.93. The number of aryl methyl sites for hydroxylation is 2. The van der Waals surface area contributed by atoms with Crippen LogP contribution in [0.25, 0.3) is 11.6 Å². The Hall–Kier alpha value is -2.25. The lowest BCUT2D eigenvalue weighted by molar-refractivity contribution is 0.0476. The number of oxazole rings is 1. The summed E-state index contributed by atoms with van der Waals surface area (Å²) in [6, 6.07) is 1.62. The number of ether oxygens (including phenoxy) is 1. The van der Waals surface area contributed by atoms with Crippen LogP contribution in [0, 0.1) is 6.92 Å². The van der Waals surface area contributed by atoms with Crippen LogP contribution in [0.2, 0.25) is 0 Å². The number of aromatic nitrogens is 3. The average molecular weight is 285 g/mol. The fourth-order valence-corrected chi connectivity index (χ4v) is 1.74. The van der Waals surface area contributed by atoms with E-state index in [-0.39, 0.29) is 12.5 Å². The summed E-state index contributed by atoms with van der Waals surface area (Å²) in [4.78, 5) is 15.3. The molecular formula is C12H13F2N3O3. The van der Waals surface area contributed by atoms with Crippen LogP contribution in [0.3, 0.4) is 0 Å². The molecule has 6 nitrogen and oxygen atoms in total. The third-order valence-corrected chi connectivity index (χ3v) is 2.54. The summed E-state index contributed by atoms with van der Waals surface area (Å²) < 4.78 is 37.1. The average Bonchev–Trinajstić information content (AvgIpc) is 2.93. The smallest absolute Gasteiger partial charge is 0.376 e. The number of nitrogens with zero attached hydrogens (tertiary/aromatic N) is 3. The van der Waals surface area contributed by atoms with Crippen LogP contribution < -0.4 is 0 Å². The first-order chi connectivity index (χ1) is 9.43. The van der Waals surface area contributed by atoms with Gasteiger partial charge in [-0.2, -0.15) is 5.10 Å². The molecule has 0 spiro atoms. The molecule has 2 aromatic heterocycles. The number of hydrogen-bond donors (Lipinski definition) is 0. The highest BCUT2D eigenvalue weighted by molar-refractivity contribution is 5.88. The number of alkyl halides is 2. The Morgan fingerprint density at radius 2 is 2.25 bits per heavy atom. The standard InChI is InChI=1S/C12H13F2N3O3/c1-4-19-12(18)9-8(10(13)14)15-11(20-9)7-5-6(2)16-17(7)3/h5,10H,4H2,1-3H3. The Morgan fingerprint density at radius 3 is 2.75 bits per heavy atom. The molecule has 0 fully saturated rings. The van der Waals surface area contributed by atoms with Crippen LogP contribution in [-0.4, -0.2) is 27.3 Å². The first-order valence-electron chi connectivity index (χ1n) is 5.91. The number of carbonyl (C=O) groups excluding carboxylic acids is 1. The van der Waals surface area contributed by atoms with Crippen molar-refractivity contribution in [3.05, 3.63) is 23.2 Å². The lowest BCUT2D eigenvalue weighted by Gasteiger charge is -1.99. The van der Waals surface area contributed by atoms with Crippen molar-refractivity contribution in [2.45, 2.75) is 20.3 Å². The van der Waals surface area contributed by atoms with E-state index in [4.69, 9.17) is 4.42 Å². The second-order valence-corrected chi connectivity index (χ2v) is 4.05. The highest BCUT2D eigenvalue weighted by Crippen LogP contribution is 2.28. The summed E-state index contributed by atoms with van der Waals surface area (Å²) in [6.07, 6.45) is -2.93. The zero-order chi connectivity index (χ0) is 14.9. The van der Waals surface area contributed by atoms with E-state index in [9.17, 15) is 13.6 Å². The van der Waals surface area contributed by atoms with Gasteiger partial charge in [0.05, 0.1) is 12.3 Å². The molecule has 8 heteroatoms. The van der Waals surface area contributed by atoms with Crippen LogP contribution in [0.5, 0.6) is 0 Å². The van der Waals surface area contributed by atoms with E-state index in [1.807, 2.05) is 0 Å². The fraction of sp³-hybridized carbons (Fsp3) is 0.417. The molecule has 0 saturated heterocycles. The van der Waals surface area contributed by atoms with E-state index in [0.29, 0.717) is 11.4 Å². The van der Waals surface area contributed by atoms with Crippen molar-refractivity contribution < 1.29 is 22.7 Å². The van der Waals surface area contributed by atoms with Gasteiger partial charge in [0.1, 0.15) is 5.69 Å². The molecule has 0 N–H and O–H groups in total. The lowest BCUT2D eigenvalue weighted by atomic mass is 10.3. The first-order valence-corrected chi connectivity index (χ1v) is 5.91. The monoisotopic (exact) mass is 285 g/mol. The van der Waals surface area contributed by atoms with Crippen molar-refractivity contribution in [1.82, 2.24) is 14.8 Å². The van der Waals surface area contributed by atoms with Gasteiger partial charge in [-0.3, -0.25) is 4.68 Å². The summed E-state index contributed by atoms with van der Waals surface area (Å²) >= 11 is 0. The molecule has 0 radical (unpaired) electrons. The maximum atomic E-state index is 12.9. The van der Waals surface area contributed by atoms with Crippen LogP contribution in [-0.2, 0) is 11.8 Å². The third kappa shape index (κ3) is 2.54. The molecule has 2 heterocycles. The molecule has 0 aromatic carbocycles. The number of esters is 1. The molecule has 0 atom stereocenters. The highest BCUT2D eigenvalue weighted by atomic mass is 19.3. The first kappa shape index (κ1) is 14.2. The van der Waals surface area contributed by atoms with Crippen molar-refractivity contribution >= 4 is 5.97 Å². The quantitative estimate of drug-likeness (QED) is 0.807. The fourth-order valence-electron chi connectivity index (χ4n) is 1.74. The van der Waals surface area contributed by atoms with Gasteiger partial charge >= 0.3 is 5.97 Å².